The molecule has 0 aliphatic heterocycles. The first kappa shape index (κ1) is 18.1. The molecule has 0 aliphatic carbocycles. The number of ether oxygens (including phenoxy) is 1. The first-order valence-corrected chi connectivity index (χ1v) is 6.74. The van der Waals surface area contributed by atoms with Crippen LogP contribution < -0.4 is 15.4 Å². The van der Waals surface area contributed by atoms with E-state index in [9.17, 15) is 23.1 Å². The van der Waals surface area contributed by atoms with E-state index in [2.05, 4.69) is 15.4 Å². The van der Waals surface area contributed by atoms with Crippen molar-refractivity contribution in [2.24, 2.45) is 5.92 Å². The van der Waals surface area contributed by atoms with Crippen LogP contribution in [0, 0.1) is 5.92 Å². The standard InChI is InChI=1S/C14H19F3N2O3/c1-9(2)7-10(8-20)18-13(21)19-11-5-3-4-6-12(11)22-14(15,16)17/h3-6,9-10,20H,7-8H2,1-2H3,(H2,18,19,21). The predicted molar refractivity (Wildman–Crippen MR) is 75.6 cm³/mol. The van der Waals surface area contributed by atoms with E-state index < -0.39 is 24.2 Å². The van der Waals surface area contributed by atoms with E-state index in [-0.39, 0.29) is 18.2 Å². The highest BCUT2D eigenvalue weighted by Crippen LogP contribution is 2.29. The largest absolute Gasteiger partial charge is 0.573 e. The van der Waals surface area contributed by atoms with Gasteiger partial charge < -0.3 is 20.5 Å². The highest BCUT2D eigenvalue weighted by Gasteiger charge is 2.32. The minimum absolute atomic E-state index is 0.112. The number of amides is 2. The molecule has 0 fully saturated rings. The van der Waals surface area contributed by atoms with Gasteiger partial charge in [0.15, 0.2) is 5.75 Å². The van der Waals surface area contributed by atoms with E-state index in [4.69, 9.17) is 0 Å². The number of anilines is 1. The number of aliphatic hydroxyl groups excluding tert-OH is 1. The van der Waals surface area contributed by atoms with Gasteiger partial charge in [-0.2, -0.15) is 0 Å². The molecule has 8 heteroatoms. The first-order chi connectivity index (χ1) is 10.2. The van der Waals surface area contributed by atoms with Crippen molar-refractivity contribution in [3.63, 3.8) is 0 Å². The van der Waals surface area contributed by atoms with Gasteiger partial charge in [-0.05, 0) is 24.5 Å². The lowest BCUT2D eigenvalue weighted by Crippen LogP contribution is -2.41. The van der Waals surface area contributed by atoms with Crippen LogP contribution in [0.15, 0.2) is 24.3 Å². The second-order valence-electron chi connectivity index (χ2n) is 5.15. The van der Waals surface area contributed by atoms with Crippen molar-refractivity contribution in [3.8, 4) is 5.75 Å². The van der Waals surface area contributed by atoms with Gasteiger partial charge >= 0.3 is 12.4 Å². The van der Waals surface area contributed by atoms with Crippen LogP contribution in [-0.2, 0) is 0 Å². The summed E-state index contributed by atoms with van der Waals surface area (Å²) in [5.41, 5.74) is -0.112. The average Bonchev–Trinajstić information content (AvgIpc) is 2.38. The summed E-state index contributed by atoms with van der Waals surface area (Å²) in [6, 6.07) is 4.03. The number of halogens is 3. The summed E-state index contributed by atoms with van der Waals surface area (Å²) in [5, 5.41) is 14.0. The Morgan fingerprint density at radius 1 is 1.32 bits per heavy atom. The average molecular weight is 320 g/mol. The van der Waals surface area contributed by atoms with E-state index in [0.29, 0.717) is 6.42 Å². The monoisotopic (exact) mass is 320 g/mol. The number of para-hydroxylation sites is 2. The van der Waals surface area contributed by atoms with Gasteiger partial charge in [0.2, 0.25) is 0 Å². The summed E-state index contributed by atoms with van der Waals surface area (Å²) < 4.78 is 40.7. The lowest BCUT2D eigenvalue weighted by atomic mass is 10.0. The molecule has 0 aromatic heterocycles. The lowest BCUT2D eigenvalue weighted by molar-refractivity contribution is -0.274. The zero-order valence-electron chi connectivity index (χ0n) is 12.3. The molecule has 0 aliphatic rings. The smallest absolute Gasteiger partial charge is 0.404 e. The number of aliphatic hydroxyl groups is 1. The van der Waals surface area contributed by atoms with Crippen molar-refractivity contribution in [1.29, 1.82) is 0 Å². The Morgan fingerprint density at radius 2 is 1.95 bits per heavy atom. The van der Waals surface area contributed by atoms with Crippen molar-refractivity contribution in [1.82, 2.24) is 5.32 Å². The summed E-state index contributed by atoms with van der Waals surface area (Å²) in [7, 11) is 0. The van der Waals surface area contributed by atoms with Crippen molar-refractivity contribution >= 4 is 11.7 Å². The van der Waals surface area contributed by atoms with Gasteiger partial charge in [0.25, 0.3) is 0 Å². The topological polar surface area (TPSA) is 70.6 Å². The molecule has 0 radical (unpaired) electrons. The van der Waals surface area contributed by atoms with Gasteiger partial charge in [0, 0.05) is 0 Å². The van der Waals surface area contributed by atoms with Crippen molar-refractivity contribution in [2.45, 2.75) is 32.7 Å². The van der Waals surface area contributed by atoms with Crippen molar-refractivity contribution < 1.29 is 27.8 Å². The summed E-state index contributed by atoms with van der Waals surface area (Å²) in [6.45, 7) is 3.59. The Kier molecular flexibility index (Phi) is 6.48. The minimum Gasteiger partial charge on any atom is -0.404 e. The van der Waals surface area contributed by atoms with Gasteiger partial charge in [-0.25, -0.2) is 4.79 Å². The number of benzene rings is 1. The maximum Gasteiger partial charge on any atom is 0.573 e. The molecule has 5 nitrogen and oxygen atoms in total. The fraction of sp³-hybridized carbons (Fsp3) is 0.500. The summed E-state index contributed by atoms with van der Waals surface area (Å²) in [5.74, 6) is -0.257. The van der Waals surface area contributed by atoms with Crippen LogP contribution in [0.2, 0.25) is 0 Å². The molecule has 124 valence electrons. The Labute approximate surface area is 126 Å². The van der Waals surface area contributed by atoms with Crippen LogP contribution in [0.5, 0.6) is 5.75 Å². The van der Waals surface area contributed by atoms with Crippen LogP contribution in [0.3, 0.4) is 0 Å². The SMILES string of the molecule is CC(C)CC(CO)NC(=O)Nc1ccccc1OC(F)(F)F. The summed E-state index contributed by atoms with van der Waals surface area (Å²) in [6.07, 6.45) is -4.30. The molecule has 1 aromatic rings. The Morgan fingerprint density at radius 3 is 2.50 bits per heavy atom. The number of rotatable bonds is 6. The van der Waals surface area contributed by atoms with Gasteiger partial charge in [-0.3, -0.25) is 0 Å². The third-order valence-electron chi connectivity index (χ3n) is 2.67. The van der Waals surface area contributed by atoms with E-state index in [1.165, 1.54) is 18.2 Å². The van der Waals surface area contributed by atoms with Crippen LogP contribution in [0.25, 0.3) is 0 Å². The van der Waals surface area contributed by atoms with E-state index >= 15 is 0 Å². The molecular formula is C14H19F3N2O3. The number of carbonyl (C=O) groups is 1. The first-order valence-electron chi connectivity index (χ1n) is 6.74. The molecule has 0 spiro atoms. The molecule has 1 rings (SSSR count). The summed E-state index contributed by atoms with van der Waals surface area (Å²) >= 11 is 0. The maximum atomic E-state index is 12.3. The lowest BCUT2D eigenvalue weighted by Gasteiger charge is -2.19. The molecule has 0 bridgehead atoms. The predicted octanol–water partition coefficient (Wildman–Crippen LogP) is 3.11. The van der Waals surface area contributed by atoms with Gasteiger partial charge in [0.1, 0.15) is 0 Å². The number of hydrogen-bond acceptors (Lipinski definition) is 3. The molecule has 0 saturated carbocycles. The van der Waals surface area contributed by atoms with Crippen LogP contribution in [0.1, 0.15) is 20.3 Å². The van der Waals surface area contributed by atoms with Gasteiger partial charge in [-0.15, -0.1) is 13.2 Å². The van der Waals surface area contributed by atoms with Gasteiger partial charge in [-0.1, -0.05) is 26.0 Å². The van der Waals surface area contributed by atoms with Crippen molar-refractivity contribution in [3.05, 3.63) is 24.3 Å². The molecule has 1 aromatic carbocycles. The minimum atomic E-state index is -4.85. The molecule has 0 heterocycles. The Balaban J connectivity index is 2.72. The molecule has 22 heavy (non-hydrogen) atoms. The number of nitrogens with one attached hydrogen (secondary N) is 2. The zero-order valence-corrected chi connectivity index (χ0v) is 12.3. The van der Waals surface area contributed by atoms with Crippen LogP contribution in [-0.4, -0.2) is 30.1 Å². The maximum absolute atomic E-state index is 12.3. The number of hydrogen-bond donors (Lipinski definition) is 3. The Bertz CT molecular complexity index is 492. The molecule has 1 atom stereocenters. The summed E-state index contributed by atoms with van der Waals surface area (Å²) in [4.78, 5) is 11.8. The van der Waals surface area contributed by atoms with Crippen molar-refractivity contribution in [2.75, 3.05) is 11.9 Å². The van der Waals surface area contributed by atoms with E-state index in [1.54, 1.807) is 0 Å². The molecular weight excluding hydrogens is 301 g/mol. The van der Waals surface area contributed by atoms with Crippen LogP contribution in [0.4, 0.5) is 23.7 Å². The number of urea groups is 1. The van der Waals surface area contributed by atoms with E-state index in [0.717, 1.165) is 6.07 Å². The molecule has 3 N–H and O–H groups in total. The fourth-order valence-electron chi connectivity index (χ4n) is 1.88. The number of carbonyl (C=O) groups excluding carboxylic acids is 1. The second-order valence-corrected chi connectivity index (χ2v) is 5.15. The molecule has 1 unspecified atom stereocenters. The zero-order chi connectivity index (χ0) is 16.8. The third-order valence-corrected chi connectivity index (χ3v) is 2.67. The van der Waals surface area contributed by atoms with Gasteiger partial charge in [0.05, 0.1) is 18.3 Å². The number of alkyl halides is 3. The Hall–Kier alpha value is -1.96. The third kappa shape index (κ3) is 6.66. The molecule has 0 saturated heterocycles. The highest BCUT2D eigenvalue weighted by atomic mass is 19.4. The quantitative estimate of drug-likeness (QED) is 0.754. The second kappa shape index (κ2) is 7.88. The molecule has 2 amide bonds. The normalized spacial score (nSPS) is 12.9. The highest BCUT2D eigenvalue weighted by molar-refractivity contribution is 5.91. The van der Waals surface area contributed by atoms with Crippen LogP contribution >= 0.6 is 0 Å². The fourth-order valence-corrected chi connectivity index (χ4v) is 1.88. The van der Waals surface area contributed by atoms with E-state index in [1.807, 2.05) is 13.8 Å².